The predicted molar refractivity (Wildman–Crippen MR) is 48.6 cm³/mol. The van der Waals surface area contributed by atoms with Gasteiger partial charge in [0.2, 0.25) is 0 Å². The number of carbonyl (C=O) groups is 2. The lowest BCUT2D eigenvalue weighted by atomic mass is 9.91. The third-order valence-corrected chi connectivity index (χ3v) is 2.19. The number of ketones is 1. The minimum atomic E-state index is -0.156. The molecule has 0 saturated heterocycles. The molecule has 1 aliphatic carbocycles. The molecule has 0 amide bonds. The molecule has 2 heteroatoms. The molecule has 0 bridgehead atoms. The van der Waals surface area contributed by atoms with Crippen LogP contribution in [0.2, 0.25) is 0 Å². The first-order valence-electron chi connectivity index (χ1n) is 4.11. The zero-order valence-electron chi connectivity index (χ0n) is 6.99. The van der Waals surface area contributed by atoms with Crippen LogP contribution in [0, 0.1) is 0 Å². The number of rotatable bonds is 1. The van der Waals surface area contributed by atoms with Crippen molar-refractivity contribution in [2.24, 2.45) is 0 Å². The van der Waals surface area contributed by atoms with Gasteiger partial charge in [-0.25, -0.2) is 0 Å². The fourth-order valence-electron chi connectivity index (χ4n) is 1.49. The van der Waals surface area contributed by atoms with Gasteiger partial charge in [0.25, 0.3) is 0 Å². The Hall–Kier alpha value is -1.70. The van der Waals surface area contributed by atoms with E-state index in [2.05, 4.69) is 0 Å². The lowest BCUT2D eigenvalue weighted by Gasteiger charge is -2.11. The van der Waals surface area contributed by atoms with E-state index in [1.165, 1.54) is 0 Å². The van der Waals surface area contributed by atoms with Gasteiger partial charge in [0, 0.05) is 5.56 Å². The molecule has 1 aliphatic rings. The zero-order valence-corrected chi connectivity index (χ0v) is 6.99. The SMILES string of the molecule is O=CC1=CCc2ccccc2C1=O. The molecule has 2 rings (SSSR count). The quantitative estimate of drug-likeness (QED) is 0.475. The highest BCUT2D eigenvalue weighted by Crippen LogP contribution is 2.19. The van der Waals surface area contributed by atoms with Gasteiger partial charge in [0.1, 0.15) is 0 Å². The van der Waals surface area contributed by atoms with Gasteiger partial charge >= 0.3 is 0 Å². The molecule has 1 aromatic rings. The van der Waals surface area contributed by atoms with Gasteiger partial charge in [-0.2, -0.15) is 0 Å². The summed E-state index contributed by atoms with van der Waals surface area (Å²) in [6.07, 6.45) is 2.98. The van der Waals surface area contributed by atoms with Crippen LogP contribution in [0.15, 0.2) is 35.9 Å². The van der Waals surface area contributed by atoms with Crippen molar-refractivity contribution in [3.63, 3.8) is 0 Å². The fraction of sp³-hybridized carbons (Fsp3) is 0.0909. The molecule has 0 unspecified atom stereocenters. The number of fused-ring (bicyclic) bond motifs is 1. The highest BCUT2D eigenvalue weighted by molar-refractivity contribution is 6.21. The van der Waals surface area contributed by atoms with Gasteiger partial charge in [-0.15, -0.1) is 0 Å². The van der Waals surface area contributed by atoms with Crippen molar-refractivity contribution in [3.8, 4) is 0 Å². The maximum absolute atomic E-state index is 11.5. The van der Waals surface area contributed by atoms with Crippen LogP contribution >= 0.6 is 0 Å². The maximum Gasteiger partial charge on any atom is 0.196 e. The van der Waals surface area contributed by atoms with Gasteiger partial charge in [-0.05, 0) is 12.0 Å². The Morgan fingerprint density at radius 1 is 1.23 bits per heavy atom. The van der Waals surface area contributed by atoms with Crippen LogP contribution in [0.3, 0.4) is 0 Å². The Kier molecular flexibility index (Phi) is 1.81. The van der Waals surface area contributed by atoms with E-state index < -0.39 is 0 Å². The number of hydrogen-bond donors (Lipinski definition) is 0. The molecule has 0 aliphatic heterocycles. The highest BCUT2D eigenvalue weighted by atomic mass is 16.1. The van der Waals surface area contributed by atoms with E-state index in [4.69, 9.17) is 0 Å². The lowest BCUT2D eigenvalue weighted by Crippen LogP contribution is -2.12. The molecule has 64 valence electrons. The minimum Gasteiger partial charge on any atom is -0.298 e. The van der Waals surface area contributed by atoms with E-state index in [0.29, 0.717) is 18.3 Å². The van der Waals surface area contributed by atoms with Crippen molar-refractivity contribution in [2.75, 3.05) is 0 Å². The van der Waals surface area contributed by atoms with Crippen LogP contribution in [-0.2, 0) is 11.2 Å². The molecule has 0 N–H and O–H groups in total. The van der Waals surface area contributed by atoms with Crippen LogP contribution in [0.25, 0.3) is 0 Å². The average Bonchev–Trinajstić information content (AvgIpc) is 2.19. The second-order valence-corrected chi connectivity index (χ2v) is 2.97. The van der Waals surface area contributed by atoms with Crippen molar-refractivity contribution in [3.05, 3.63) is 47.0 Å². The van der Waals surface area contributed by atoms with Crippen LogP contribution in [0.5, 0.6) is 0 Å². The van der Waals surface area contributed by atoms with E-state index in [1.54, 1.807) is 12.1 Å². The van der Waals surface area contributed by atoms with Gasteiger partial charge < -0.3 is 0 Å². The number of hydrogen-bond acceptors (Lipinski definition) is 2. The minimum absolute atomic E-state index is 0.156. The summed E-state index contributed by atoms with van der Waals surface area (Å²) >= 11 is 0. The summed E-state index contributed by atoms with van der Waals surface area (Å²) in [6, 6.07) is 7.37. The summed E-state index contributed by atoms with van der Waals surface area (Å²) < 4.78 is 0. The molecule has 2 nitrogen and oxygen atoms in total. The second-order valence-electron chi connectivity index (χ2n) is 2.97. The molecule has 1 aromatic carbocycles. The normalized spacial score (nSPS) is 14.8. The topological polar surface area (TPSA) is 34.1 Å². The standard InChI is InChI=1S/C11H8O2/c12-7-9-6-5-8-3-1-2-4-10(8)11(9)13/h1-4,6-7H,5H2. The summed E-state index contributed by atoms with van der Waals surface area (Å²) in [4.78, 5) is 22.0. The number of carbonyl (C=O) groups excluding carboxylic acids is 2. The first-order chi connectivity index (χ1) is 6.33. The largest absolute Gasteiger partial charge is 0.298 e. The van der Waals surface area contributed by atoms with Crippen LogP contribution < -0.4 is 0 Å². The number of aldehydes is 1. The molecule has 13 heavy (non-hydrogen) atoms. The van der Waals surface area contributed by atoms with E-state index >= 15 is 0 Å². The molecule has 0 saturated carbocycles. The van der Waals surface area contributed by atoms with Crippen molar-refractivity contribution in [1.29, 1.82) is 0 Å². The lowest BCUT2D eigenvalue weighted by molar-refractivity contribution is -0.104. The third-order valence-electron chi connectivity index (χ3n) is 2.19. The van der Waals surface area contributed by atoms with Gasteiger partial charge in [-0.1, -0.05) is 30.3 Å². The van der Waals surface area contributed by atoms with Crippen LogP contribution in [-0.4, -0.2) is 12.1 Å². The summed E-state index contributed by atoms with van der Waals surface area (Å²) in [6.45, 7) is 0. The van der Waals surface area contributed by atoms with Crippen LogP contribution in [0.1, 0.15) is 15.9 Å². The summed E-state index contributed by atoms with van der Waals surface area (Å²) in [5.41, 5.74) is 1.93. The predicted octanol–water partition coefficient (Wildman–Crippen LogP) is 1.55. The Balaban J connectivity index is 2.53. The monoisotopic (exact) mass is 172 g/mol. The Morgan fingerprint density at radius 2 is 2.00 bits per heavy atom. The summed E-state index contributed by atoms with van der Waals surface area (Å²) in [5, 5.41) is 0. The molecule has 0 heterocycles. The first-order valence-corrected chi connectivity index (χ1v) is 4.11. The second kappa shape index (κ2) is 2.98. The van der Waals surface area contributed by atoms with Crippen molar-refractivity contribution in [2.45, 2.75) is 6.42 Å². The van der Waals surface area contributed by atoms with Gasteiger partial charge in [0.05, 0.1) is 5.57 Å². The molecular weight excluding hydrogens is 164 g/mol. The van der Waals surface area contributed by atoms with Gasteiger partial charge in [-0.3, -0.25) is 9.59 Å². The van der Waals surface area contributed by atoms with Crippen LogP contribution in [0.4, 0.5) is 0 Å². The number of Topliss-reactive ketones (excluding diaryl/α,β-unsaturated/α-hetero) is 1. The Bertz CT molecular complexity index is 402. The zero-order chi connectivity index (χ0) is 9.26. The summed E-state index contributed by atoms with van der Waals surface area (Å²) in [7, 11) is 0. The smallest absolute Gasteiger partial charge is 0.196 e. The maximum atomic E-state index is 11.5. The Labute approximate surface area is 75.9 Å². The van der Waals surface area contributed by atoms with E-state index in [9.17, 15) is 9.59 Å². The summed E-state index contributed by atoms with van der Waals surface area (Å²) in [5.74, 6) is -0.156. The third kappa shape index (κ3) is 1.20. The van der Waals surface area contributed by atoms with E-state index in [1.807, 2.05) is 18.2 Å². The Morgan fingerprint density at radius 3 is 2.77 bits per heavy atom. The number of benzene rings is 1. The van der Waals surface area contributed by atoms with E-state index in [-0.39, 0.29) is 11.4 Å². The number of allylic oxidation sites excluding steroid dienone is 2. The molecule has 0 spiro atoms. The first kappa shape index (κ1) is 7.92. The molecule has 0 radical (unpaired) electrons. The average molecular weight is 172 g/mol. The van der Waals surface area contributed by atoms with Crippen molar-refractivity contribution < 1.29 is 9.59 Å². The fourth-order valence-corrected chi connectivity index (χ4v) is 1.49. The van der Waals surface area contributed by atoms with Crippen molar-refractivity contribution in [1.82, 2.24) is 0 Å². The van der Waals surface area contributed by atoms with Crippen molar-refractivity contribution >= 4 is 12.1 Å². The molecule has 0 aromatic heterocycles. The molecule has 0 fully saturated rings. The molecular formula is C11H8O2. The van der Waals surface area contributed by atoms with E-state index in [0.717, 1.165) is 5.56 Å². The highest BCUT2D eigenvalue weighted by Gasteiger charge is 2.18. The molecule has 0 atom stereocenters. The van der Waals surface area contributed by atoms with Gasteiger partial charge in [0.15, 0.2) is 12.1 Å².